The van der Waals surface area contributed by atoms with E-state index in [4.69, 9.17) is 9.47 Å². The van der Waals surface area contributed by atoms with E-state index in [9.17, 15) is 4.79 Å². The highest BCUT2D eigenvalue weighted by Crippen LogP contribution is 2.32. The normalized spacial score (nSPS) is 23.7. The number of carbonyl (C=O) groups is 1. The van der Waals surface area contributed by atoms with Crippen LogP contribution >= 0.6 is 0 Å². The van der Waals surface area contributed by atoms with Gasteiger partial charge < -0.3 is 19.3 Å². The Labute approximate surface area is 148 Å². The molecule has 0 unspecified atom stereocenters. The molecule has 1 amide bonds. The topological polar surface area (TPSA) is 67.8 Å². The van der Waals surface area contributed by atoms with Gasteiger partial charge in [0.15, 0.2) is 5.79 Å². The van der Waals surface area contributed by atoms with Crippen molar-refractivity contribution in [3.63, 3.8) is 0 Å². The van der Waals surface area contributed by atoms with Gasteiger partial charge in [0.05, 0.1) is 18.8 Å². The van der Waals surface area contributed by atoms with E-state index in [1.807, 2.05) is 4.90 Å². The quantitative estimate of drug-likeness (QED) is 0.814. The number of hydrogen-bond donors (Lipinski definition) is 0. The molecule has 3 saturated heterocycles. The summed E-state index contributed by atoms with van der Waals surface area (Å²) >= 11 is 0. The summed E-state index contributed by atoms with van der Waals surface area (Å²) in [5.74, 6) is 0.346. The molecule has 3 aliphatic rings. The van der Waals surface area contributed by atoms with Gasteiger partial charge in [0.2, 0.25) is 5.95 Å². The summed E-state index contributed by atoms with van der Waals surface area (Å²) in [6.45, 7) is 4.66. The molecule has 0 bridgehead atoms. The summed E-state index contributed by atoms with van der Waals surface area (Å²) in [4.78, 5) is 25.6. The van der Waals surface area contributed by atoms with Crippen molar-refractivity contribution in [3.05, 3.63) is 18.0 Å². The second-order valence-electron chi connectivity index (χ2n) is 7.07. The molecule has 0 aromatic carbocycles. The number of nitrogens with zero attached hydrogens (tertiary/aromatic N) is 4. The highest BCUT2D eigenvalue weighted by atomic mass is 16.7. The number of anilines is 1. The van der Waals surface area contributed by atoms with Crippen LogP contribution in [0.5, 0.6) is 0 Å². The number of carbonyl (C=O) groups excluding carboxylic acids is 1. The molecule has 0 aliphatic carbocycles. The fourth-order valence-corrected chi connectivity index (χ4v) is 3.88. The lowest BCUT2D eigenvalue weighted by atomic mass is 10.0. The van der Waals surface area contributed by atoms with Crippen molar-refractivity contribution in [2.45, 2.75) is 44.3 Å². The van der Waals surface area contributed by atoms with Gasteiger partial charge in [-0.05, 0) is 12.8 Å². The zero-order valence-electron chi connectivity index (χ0n) is 14.7. The predicted octanol–water partition coefficient (Wildman–Crippen LogP) is 1.84. The molecule has 3 fully saturated rings. The molecule has 0 radical (unpaired) electrons. The zero-order chi connectivity index (χ0) is 17.1. The molecule has 0 saturated carbocycles. The summed E-state index contributed by atoms with van der Waals surface area (Å²) in [6, 6.07) is 0. The van der Waals surface area contributed by atoms with Gasteiger partial charge in [-0.2, -0.15) is 0 Å². The monoisotopic (exact) mass is 346 g/mol. The van der Waals surface area contributed by atoms with E-state index in [-0.39, 0.29) is 11.7 Å². The maximum atomic E-state index is 12.6. The summed E-state index contributed by atoms with van der Waals surface area (Å²) in [5.41, 5.74) is 0.585. The lowest BCUT2D eigenvalue weighted by Gasteiger charge is -2.37. The van der Waals surface area contributed by atoms with Crippen LogP contribution < -0.4 is 4.90 Å². The first-order valence-electron chi connectivity index (χ1n) is 9.40. The smallest absolute Gasteiger partial charge is 0.256 e. The number of aromatic nitrogens is 2. The molecule has 7 nitrogen and oxygen atoms in total. The van der Waals surface area contributed by atoms with Crippen LogP contribution in [0, 0.1) is 0 Å². The van der Waals surface area contributed by atoms with Crippen molar-refractivity contribution in [1.29, 1.82) is 0 Å². The molecule has 3 aliphatic heterocycles. The van der Waals surface area contributed by atoms with Crippen LogP contribution in [0.15, 0.2) is 12.4 Å². The van der Waals surface area contributed by atoms with Gasteiger partial charge in [-0.15, -0.1) is 0 Å². The first-order chi connectivity index (χ1) is 12.3. The van der Waals surface area contributed by atoms with Crippen LogP contribution in [-0.4, -0.2) is 66.0 Å². The van der Waals surface area contributed by atoms with E-state index in [2.05, 4.69) is 14.9 Å². The Bertz CT molecular complexity index is 583. The average molecular weight is 346 g/mol. The fraction of sp³-hybridized carbons (Fsp3) is 0.722. The van der Waals surface area contributed by atoms with Crippen molar-refractivity contribution in [3.8, 4) is 0 Å². The maximum absolute atomic E-state index is 12.6. The Balaban J connectivity index is 1.37. The first-order valence-corrected chi connectivity index (χ1v) is 9.40. The van der Waals surface area contributed by atoms with Gasteiger partial charge in [0.25, 0.3) is 5.91 Å². The molecule has 7 heteroatoms. The Morgan fingerprint density at radius 2 is 1.52 bits per heavy atom. The molecule has 4 rings (SSSR count). The number of piperidine rings is 1. The van der Waals surface area contributed by atoms with Gasteiger partial charge in [0, 0.05) is 51.4 Å². The second kappa shape index (κ2) is 7.25. The van der Waals surface area contributed by atoms with E-state index in [1.165, 1.54) is 12.8 Å². The van der Waals surface area contributed by atoms with Crippen molar-refractivity contribution in [2.75, 3.05) is 44.3 Å². The van der Waals surface area contributed by atoms with Crippen LogP contribution in [0.4, 0.5) is 5.95 Å². The molecule has 136 valence electrons. The summed E-state index contributed by atoms with van der Waals surface area (Å²) in [5, 5.41) is 0. The molecule has 1 aromatic rings. The largest absolute Gasteiger partial charge is 0.347 e. The van der Waals surface area contributed by atoms with Gasteiger partial charge in [-0.3, -0.25) is 4.79 Å². The lowest BCUT2D eigenvalue weighted by Crippen LogP contribution is -2.45. The zero-order valence-corrected chi connectivity index (χ0v) is 14.7. The minimum absolute atomic E-state index is 0.0544. The minimum atomic E-state index is -0.390. The molecule has 0 N–H and O–H groups in total. The van der Waals surface area contributed by atoms with E-state index < -0.39 is 0 Å². The molecular weight excluding hydrogens is 320 g/mol. The molecule has 0 atom stereocenters. The summed E-state index contributed by atoms with van der Waals surface area (Å²) < 4.78 is 11.5. The van der Waals surface area contributed by atoms with Crippen LogP contribution in [-0.2, 0) is 9.47 Å². The lowest BCUT2D eigenvalue weighted by molar-refractivity contribution is -0.169. The predicted molar refractivity (Wildman–Crippen MR) is 92.5 cm³/mol. The number of likely N-dealkylation sites (tertiary alicyclic amines) is 1. The standard InChI is InChI=1S/C18H26N4O3/c23-16(21-7-3-1-2-4-8-21)15-13-19-17(20-14-15)22-9-5-18(6-10-22)24-11-12-25-18/h13-14H,1-12H2. The maximum Gasteiger partial charge on any atom is 0.256 e. The highest BCUT2D eigenvalue weighted by molar-refractivity contribution is 5.93. The Morgan fingerprint density at radius 1 is 0.920 bits per heavy atom. The Morgan fingerprint density at radius 3 is 2.12 bits per heavy atom. The second-order valence-corrected chi connectivity index (χ2v) is 7.07. The molecular formula is C18H26N4O3. The van der Waals surface area contributed by atoms with Crippen molar-refractivity contribution < 1.29 is 14.3 Å². The third kappa shape index (κ3) is 3.62. The van der Waals surface area contributed by atoms with Crippen molar-refractivity contribution in [1.82, 2.24) is 14.9 Å². The third-order valence-corrected chi connectivity index (χ3v) is 5.40. The third-order valence-electron chi connectivity index (χ3n) is 5.40. The molecule has 1 aromatic heterocycles. The van der Waals surface area contributed by atoms with Gasteiger partial charge in [-0.25, -0.2) is 9.97 Å². The van der Waals surface area contributed by atoms with Crippen molar-refractivity contribution in [2.24, 2.45) is 0 Å². The van der Waals surface area contributed by atoms with Crippen LogP contribution in [0.25, 0.3) is 0 Å². The number of rotatable bonds is 2. The van der Waals surface area contributed by atoms with E-state index >= 15 is 0 Å². The van der Waals surface area contributed by atoms with E-state index in [1.54, 1.807) is 12.4 Å². The molecule has 1 spiro atoms. The summed E-state index contributed by atoms with van der Waals surface area (Å²) in [7, 11) is 0. The van der Waals surface area contributed by atoms with Crippen molar-refractivity contribution >= 4 is 11.9 Å². The molecule has 25 heavy (non-hydrogen) atoms. The van der Waals surface area contributed by atoms with E-state index in [0.29, 0.717) is 24.7 Å². The van der Waals surface area contributed by atoms with Crippen LogP contribution in [0.1, 0.15) is 48.9 Å². The highest BCUT2D eigenvalue weighted by Gasteiger charge is 2.40. The average Bonchev–Trinajstić information content (AvgIpc) is 2.94. The first kappa shape index (κ1) is 16.7. The number of amides is 1. The Kier molecular flexibility index (Phi) is 4.85. The van der Waals surface area contributed by atoms with Crippen LogP contribution in [0.3, 0.4) is 0 Å². The fourth-order valence-electron chi connectivity index (χ4n) is 3.88. The van der Waals surface area contributed by atoms with E-state index in [0.717, 1.165) is 51.9 Å². The van der Waals surface area contributed by atoms with Gasteiger partial charge in [0.1, 0.15) is 0 Å². The SMILES string of the molecule is O=C(c1cnc(N2CCC3(CC2)OCCO3)nc1)N1CCCCCC1. The van der Waals surface area contributed by atoms with Gasteiger partial charge >= 0.3 is 0 Å². The minimum Gasteiger partial charge on any atom is -0.347 e. The number of ether oxygens (including phenoxy) is 2. The van der Waals surface area contributed by atoms with Gasteiger partial charge in [-0.1, -0.05) is 12.8 Å². The Hall–Kier alpha value is -1.73. The summed E-state index contributed by atoms with van der Waals surface area (Å²) in [6.07, 6.45) is 9.58. The number of hydrogen-bond acceptors (Lipinski definition) is 6. The molecule has 4 heterocycles. The van der Waals surface area contributed by atoms with Crippen LogP contribution in [0.2, 0.25) is 0 Å².